The number of likely N-dealkylation sites (tertiary alicyclic amines) is 1. The van der Waals surface area contributed by atoms with E-state index in [0.717, 1.165) is 25.9 Å². The Morgan fingerprint density at radius 2 is 1.89 bits per heavy atom. The fourth-order valence-electron chi connectivity index (χ4n) is 2.17. The first-order chi connectivity index (χ1) is 8.59. The van der Waals surface area contributed by atoms with Crippen LogP contribution >= 0.6 is 0 Å². The maximum absolute atomic E-state index is 11.8. The second kappa shape index (κ2) is 8.08. The first-order valence-electron chi connectivity index (χ1n) is 6.82. The van der Waals surface area contributed by atoms with Crippen molar-refractivity contribution in [1.29, 1.82) is 0 Å². The van der Waals surface area contributed by atoms with Crippen LogP contribution < -0.4 is 5.32 Å². The van der Waals surface area contributed by atoms with Gasteiger partial charge in [-0.05, 0) is 32.6 Å². The summed E-state index contributed by atoms with van der Waals surface area (Å²) in [4.78, 5) is 24.2. The Balaban J connectivity index is 2.08. The molecule has 0 bridgehead atoms. The van der Waals surface area contributed by atoms with Crippen molar-refractivity contribution < 1.29 is 14.7 Å². The van der Waals surface area contributed by atoms with E-state index in [9.17, 15) is 9.59 Å². The Morgan fingerprint density at radius 3 is 2.50 bits per heavy atom. The largest absolute Gasteiger partial charge is 0.481 e. The number of rotatable bonds is 7. The third kappa shape index (κ3) is 6.00. The standard InChI is InChI=1S/C13H24N2O3/c1-11(5-6-13(17)18)14-8-7-12(16)15-9-3-2-4-10-15/h11,14H,2-10H2,1H3,(H,17,18). The molecule has 0 aromatic rings. The number of hydrogen-bond donors (Lipinski definition) is 2. The first-order valence-corrected chi connectivity index (χ1v) is 6.82. The molecule has 104 valence electrons. The lowest BCUT2D eigenvalue weighted by atomic mass is 10.1. The van der Waals surface area contributed by atoms with Gasteiger partial charge in [0.25, 0.3) is 0 Å². The minimum Gasteiger partial charge on any atom is -0.481 e. The zero-order valence-corrected chi connectivity index (χ0v) is 11.2. The molecule has 1 aliphatic rings. The lowest BCUT2D eigenvalue weighted by Gasteiger charge is -2.27. The van der Waals surface area contributed by atoms with Crippen molar-refractivity contribution >= 4 is 11.9 Å². The van der Waals surface area contributed by atoms with E-state index in [1.807, 2.05) is 11.8 Å². The molecule has 0 spiro atoms. The number of piperidine rings is 1. The molecule has 5 nitrogen and oxygen atoms in total. The minimum absolute atomic E-state index is 0.148. The van der Waals surface area contributed by atoms with Gasteiger partial charge in [0.1, 0.15) is 0 Å². The van der Waals surface area contributed by atoms with E-state index in [4.69, 9.17) is 5.11 Å². The molecule has 1 fully saturated rings. The van der Waals surface area contributed by atoms with E-state index < -0.39 is 5.97 Å². The van der Waals surface area contributed by atoms with E-state index in [-0.39, 0.29) is 18.4 Å². The Morgan fingerprint density at radius 1 is 1.22 bits per heavy atom. The monoisotopic (exact) mass is 256 g/mol. The third-order valence-electron chi connectivity index (χ3n) is 3.33. The molecular weight excluding hydrogens is 232 g/mol. The summed E-state index contributed by atoms with van der Waals surface area (Å²) in [7, 11) is 0. The van der Waals surface area contributed by atoms with Gasteiger partial charge in [0.15, 0.2) is 0 Å². The number of carbonyl (C=O) groups excluding carboxylic acids is 1. The van der Waals surface area contributed by atoms with Gasteiger partial charge in [0, 0.05) is 38.5 Å². The number of nitrogens with zero attached hydrogens (tertiary/aromatic N) is 1. The number of nitrogens with one attached hydrogen (secondary N) is 1. The molecule has 1 saturated heterocycles. The van der Waals surface area contributed by atoms with Crippen LogP contribution in [0.25, 0.3) is 0 Å². The number of hydrogen-bond acceptors (Lipinski definition) is 3. The molecule has 0 saturated carbocycles. The van der Waals surface area contributed by atoms with Gasteiger partial charge < -0.3 is 15.3 Å². The van der Waals surface area contributed by atoms with E-state index in [1.54, 1.807) is 0 Å². The third-order valence-corrected chi connectivity index (χ3v) is 3.33. The molecule has 1 aliphatic heterocycles. The lowest BCUT2D eigenvalue weighted by Crippen LogP contribution is -2.38. The minimum atomic E-state index is -0.770. The van der Waals surface area contributed by atoms with E-state index in [2.05, 4.69) is 5.32 Å². The van der Waals surface area contributed by atoms with Crippen LogP contribution in [0.1, 0.15) is 45.4 Å². The second-order valence-corrected chi connectivity index (χ2v) is 4.98. The number of carbonyl (C=O) groups is 2. The van der Waals surface area contributed by atoms with Gasteiger partial charge in [-0.25, -0.2) is 0 Å². The molecule has 2 N–H and O–H groups in total. The number of carboxylic acid groups (broad SMARTS) is 1. The van der Waals surface area contributed by atoms with Gasteiger partial charge in [-0.3, -0.25) is 9.59 Å². The SMILES string of the molecule is CC(CCC(=O)O)NCCC(=O)N1CCCCC1. The predicted octanol–water partition coefficient (Wildman–Crippen LogP) is 1.23. The fourth-order valence-corrected chi connectivity index (χ4v) is 2.17. The van der Waals surface area contributed by atoms with Crippen molar-refractivity contribution in [1.82, 2.24) is 10.2 Å². The molecule has 1 heterocycles. The van der Waals surface area contributed by atoms with Crippen LogP contribution in [0.15, 0.2) is 0 Å². The summed E-state index contributed by atoms with van der Waals surface area (Å²) in [5.41, 5.74) is 0. The molecule has 5 heteroatoms. The fraction of sp³-hybridized carbons (Fsp3) is 0.846. The van der Waals surface area contributed by atoms with Crippen molar-refractivity contribution in [2.75, 3.05) is 19.6 Å². The predicted molar refractivity (Wildman–Crippen MR) is 69.4 cm³/mol. The highest BCUT2D eigenvalue weighted by Gasteiger charge is 2.16. The summed E-state index contributed by atoms with van der Waals surface area (Å²) in [6.45, 7) is 4.38. The van der Waals surface area contributed by atoms with Gasteiger partial charge in [-0.1, -0.05) is 0 Å². The van der Waals surface area contributed by atoms with Gasteiger partial charge in [0.05, 0.1) is 0 Å². The molecule has 1 amide bonds. The molecule has 0 radical (unpaired) electrons. The van der Waals surface area contributed by atoms with Gasteiger partial charge in [-0.2, -0.15) is 0 Å². The molecule has 0 aromatic heterocycles. The normalized spacial score (nSPS) is 17.5. The van der Waals surface area contributed by atoms with Crippen LogP contribution in [-0.2, 0) is 9.59 Å². The van der Waals surface area contributed by atoms with Crippen molar-refractivity contribution in [2.45, 2.75) is 51.5 Å². The van der Waals surface area contributed by atoms with Crippen LogP contribution in [0.3, 0.4) is 0 Å². The van der Waals surface area contributed by atoms with E-state index in [0.29, 0.717) is 19.4 Å². The highest BCUT2D eigenvalue weighted by atomic mass is 16.4. The van der Waals surface area contributed by atoms with Crippen LogP contribution in [0.2, 0.25) is 0 Å². The van der Waals surface area contributed by atoms with Crippen molar-refractivity contribution in [2.24, 2.45) is 0 Å². The molecule has 1 rings (SSSR count). The summed E-state index contributed by atoms with van der Waals surface area (Å²) >= 11 is 0. The van der Waals surface area contributed by atoms with E-state index in [1.165, 1.54) is 6.42 Å². The van der Waals surface area contributed by atoms with Gasteiger partial charge in [0.2, 0.25) is 5.91 Å². The summed E-state index contributed by atoms with van der Waals surface area (Å²) in [5.74, 6) is -0.555. The Hall–Kier alpha value is -1.10. The summed E-state index contributed by atoms with van der Waals surface area (Å²) in [5, 5.41) is 11.8. The Bertz CT molecular complexity index is 275. The maximum Gasteiger partial charge on any atom is 0.303 e. The lowest BCUT2D eigenvalue weighted by molar-refractivity contribution is -0.137. The zero-order chi connectivity index (χ0) is 13.4. The molecule has 18 heavy (non-hydrogen) atoms. The number of carboxylic acids is 1. The second-order valence-electron chi connectivity index (χ2n) is 4.98. The number of aliphatic carboxylic acids is 1. The zero-order valence-electron chi connectivity index (χ0n) is 11.2. The van der Waals surface area contributed by atoms with Crippen molar-refractivity contribution in [3.8, 4) is 0 Å². The maximum atomic E-state index is 11.8. The van der Waals surface area contributed by atoms with E-state index >= 15 is 0 Å². The van der Waals surface area contributed by atoms with Crippen molar-refractivity contribution in [3.05, 3.63) is 0 Å². The van der Waals surface area contributed by atoms with Crippen LogP contribution in [-0.4, -0.2) is 47.6 Å². The van der Waals surface area contributed by atoms with Gasteiger partial charge in [-0.15, -0.1) is 0 Å². The summed E-state index contributed by atoms with van der Waals surface area (Å²) in [6, 6.07) is 0.148. The number of amides is 1. The first kappa shape index (κ1) is 15.0. The summed E-state index contributed by atoms with van der Waals surface area (Å²) in [6.07, 6.45) is 4.76. The Labute approximate surface area is 109 Å². The molecule has 1 unspecified atom stereocenters. The molecule has 0 aliphatic carbocycles. The van der Waals surface area contributed by atoms with Crippen molar-refractivity contribution in [3.63, 3.8) is 0 Å². The molecule has 0 aromatic carbocycles. The highest BCUT2D eigenvalue weighted by molar-refractivity contribution is 5.76. The average molecular weight is 256 g/mol. The molecule has 1 atom stereocenters. The quantitative estimate of drug-likeness (QED) is 0.719. The van der Waals surface area contributed by atoms with Crippen LogP contribution in [0.4, 0.5) is 0 Å². The van der Waals surface area contributed by atoms with Gasteiger partial charge >= 0.3 is 5.97 Å². The average Bonchev–Trinajstić information content (AvgIpc) is 2.37. The highest BCUT2D eigenvalue weighted by Crippen LogP contribution is 2.09. The molecular formula is C13H24N2O3. The topological polar surface area (TPSA) is 69.6 Å². The smallest absolute Gasteiger partial charge is 0.303 e. The summed E-state index contributed by atoms with van der Waals surface area (Å²) < 4.78 is 0. The van der Waals surface area contributed by atoms with Crippen LogP contribution in [0, 0.1) is 0 Å². The Kier molecular flexibility index (Phi) is 6.72. The van der Waals surface area contributed by atoms with Crippen LogP contribution in [0.5, 0.6) is 0 Å².